The van der Waals surface area contributed by atoms with Crippen LogP contribution in [0.5, 0.6) is 0 Å². The van der Waals surface area contributed by atoms with Crippen molar-refractivity contribution in [2.24, 2.45) is 11.8 Å². The zero-order chi connectivity index (χ0) is 6.85. The molecule has 3 atom stereocenters. The highest BCUT2D eigenvalue weighted by atomic mass is 32.2. The van der Waals surface area contributed by atoms with Crippen LogP contribution in [0.3, 0.4) is 0 Å². The van der Waals surface area contributed by atoms with Crippen molar-refractivity contribution in [1.82, 2.24) is 0 Å². The molecular weight excluding hydrogens is 128 g/mol. The average molecular weight is 144 g/mol. The predicted octanol–water partition coefficient (Wildman–Crippen LogP) is 2.78. The van der Waals surface area contributed by atoms with E-state index in [2.05, 4.69) is 32.5 Å². The van der Waals surface area contributed by atoms with Crippen molar-refractivity contribution in [2.45, 2.75) is 32.4 Å². The Hall–Kier alpha value is 0.350. The van der Waals surface area contributed by atoms with E-state index in [1.807, 2.05) is 0 Å². The summed E-state index contributed by atoms with van der Waals surface area (Å²) in [4.78, 5) is 0. The Morgan fingerprint density at radius 2 is 2.11 bits per heavy atom. The van der Waals surface area contributed by atoms with Crippen LogP contribution in [0.4, 0.5) is 0 Å². The predicted molar refractivity (Wildman–Crippen MR) is 44.9 cm³/mol. The van der Waals surface area contributed by atoms with E-state index in [1.165, 1.54) is 12.2 Å². The number of hydrogen-bond donors (Lipinski definition) is 0. The summed E-state index contributed by atoms with van der Waals surface area (Å²) in [6, 6.07) is 0. The van der Waals surface area contributed by atoms with Gasteiger partial charge in [0.25, 0.3) is 0 Å². The first-order valence-electron chi connectivity index (χ1n) is 3.87. The lowest BCUT2D eigenvalue weighted by molar-refractivity contribution is 0.431. The maximum atomic E-state index is 2.39. The minimum Gasteiger partial charge on any atom is -0.158 e. The number of rotatable bonds is 1. The summed E-state index contributed by atoms with van der Waals surface area (Å²) in [5, 5.41) is 0.958. The third-order valence-corrected chi connectivity index (χ3v) is 4.37. The van der Waals surface area contributed by atoms with E-state index in [0.717, 1.165) is 17.1 Å². The average Bonchev–Trinajstić information content (AvgIpc) is 2.15. The molecule has 0 aromatic heterocycles. The molecule has 9 heavy (non-hydrogen) atoms. The van der Waals surface area contributed by atoms with Gasteiger partial charge in [0.2, 0.25) is 0 Å². The number of thioether (sulfide) groups is 1. The van der Waals surface area contributed by atoms with Gasteiger partial charge in [0.05, 0.1) is 0 Å². The molecule has 0 aliphatic carbocycles. The number of hydrogen-bond acceptors (Lipinski definition) is 1. The van der Waals surface area contributed by atoms with E-state index in [9.17, 15) is 0 Å². The maximum absolute atomic E-state index is 2.39. The van der Waals surface area contributed by atoms with Gasteiger partial charge in [-0.2, -0.15) is 11.8 Å². The third kappa shape index (κ3) is 1.43. The van der Waals surface area contributed by atoms with Crippen LogP contribution in [0, 0.1) is 11.8 Å². The van der Waals surface area contributed by atoms with Crippen molar-refractivity contribution < 1.29 is 0 Å². The lowest BCUT2D eigenvalue weighted by Crippen LogP contribution is -2.11. The van der Waals surface area contributed by atoms with Crippen molar-refractivity contribution in [3.8, 4) is 0 Å². The van der Waals surface area contributed by atoms with Crippen LogP contribution in [0.15, 0.2) is 0 Å². The molecule has 0 nitrogen and oxygen atoms in total. The summed E-state index contributed by atoms with van der Waals surface area (Å²) in [5.41, 5.74) is 0. The van der Waals surface area contributed by atoms with Crippen LogP contribution in [0.25, 0.3) is 0 Å². The van der Waals surface area contributed by atoms with E-state index in [4.69, 9.17) is 0 Å². The Labute approximate surface area is 62.4 Å². The van der Waals surface area contributed by atoms with Crippen LogP contribution in [0.2, 0.25) is 0 Å². The molecule has 0 aromatic carbocycles. The Morgan fingerprint density at radius 1 is 1.44 bits per heavy atom. The zero-order valence-corrected chi connectivity index (χ0v) is 7.37. The second-order valence-corrected chi connectivity index (χ2v) is 4.39. The standard InChI is InChI=1S/C8H16S/c1-4-8-7(3)6(2)5-9-8/h6-8H,4-5H2,1-3H3/t6-,7+,8-/m0/s1. The first-order valence-corrected chi connectivity index (χ1v) is 4.92. The summed E-state index contributed by atoms with van der Waals surface area (Å²) in [7, 11) is 0. The molecule has 54 valence electrons. The van der Waals surface area contributed by atoms with Crippen molar-refractivity contribution in [1.29, 1.82) is 0 Å². The van der Waals surface area contributed by atoms with Gasteiger partial charge < -0.3 is 0 Å². The second-order valence-electron chi connectivity index (χ2n) is 3.12. The largest absolute Gasteiger partial charge is 0.158 e. The molecule has 1 heteroatoms. The quantitative estimate of drug-likeness (QED) is 0.545. The topological polar surface area (TPSA) is 0 Å². The zero-order valence-electron chi connectivity index (χ0n) is 6.55. The smallest absolute Gasteiger partial charge is 0.00730 e. The first kappa shape index (κ1) is 7.46. The molecule has 0 saturated carbocycles. The molecule has 0 bridgehead atoms. The van der Waals surface area contributed by atoms with Gasteiger partial charge in [-0.05, 0) is 24.0 Å². The van der Waals surface area contributed by atoms with E-state index in [1.54, 1.807) is 0 Å². The Morgan fingerprint density at radius 3 is 2.33 bits per heavy atom. The molecule has 0 aromatic rings. The molecular formula is C8H16S. The van der Waals surface area contributed by atoms with Crippen LogP contribution in [0.1, 0.15) is 27.2 Å². The molecule has 1 aliphatic heterocycles. The molecule has 0 radical (unpaired) electrons. The normalized spacial score (nSPS) is 43.7. The lowest BCUT2D eigenvalue weighted by Gasteiger charge is -2.13. The monoisotopic (exact) mass is 144 g/mol. The lowest BCUT2D eigenvalue weighted by atomic mass is 9.94. The van der Waals surface area contributed by atoms with Crippen molar-refractivity contribution in [3.05, 3.63) is 0 Å². The minimum atomic E-state index is 0.958. The van der Waals surface area contributed by atoms with E-state index < -0.39 is 0 Å². The van der Waals surface area contributed by atoms with Gasteiger partial charge in [0.1, 0.15) is 0 Å². The van der Waals surface area contributed by atoms with Gasteiger partial charge in [-0.25, -0.2) is 0 Å². The van der Waals surface area contributed by atoms with Crippen molar-refractivity contribution in [2.75, 3.05) is 5.75 Å². The SMILES string of the molecule is CC[C@@H]1SC[C@H](C)[C@H]1C. The van der Waals surface area contributed by atoms with Gasteiger partial charge in [-0.15, -0.1) is 0 Å². The third-order valence-electron chi connectivity index (χ3n) is 2.46. The van der Waals surface area contributed by atoms with Crippen LogP contribution in [-0.4, -0.2) is 11.0 Å². The molecule has 1 heterocycles. The summed E-state index contributed by atoms with van der Waals surface area (Å²) >= 11 is 2.16. The fourth-order valence-electron chi connectivity index (χ4n) is 1.44. The summed E-state index contributed by atoms with van der Waals surface area (Å²) < 4.78 is 0. The van der Waals surface area contributed by atoms with Crippen LogP contribution in [-0.2, 0) is 0 Å². The van der Waals surface area contributed by atoms with Crippen LogP contribution >= 0.6 is 11.8 Å². The Balaban J connectivity index is 2.41. The molecule has 1 saturated heterocycles. The van der Waals surface area contributed by atoms with Crippen molar-refractivity contribution in [3.63, 3.8) is 0 Å². The first-order chi connectivity index (χ1) is 4.25. The molecule has 0 unspecified atom stereocenters. The van der Waals surface area contributed by atoms with Gasteiger partial charge in [0, 0.05) is 5.25 Å². The second kappa shape index (κ2) is 2.96. The molecule has 1 rings (SSSR count). The Kier molecular flexibility index (Phi) is 2.45. The maximum Gasteiger partial charge on any atom is 0.00730 e. The molecule has 1 aliphatic rings. The van der Waals surface area contributed by atoms with Gasteiger partial charge >= 0.3 is 0 Å². The Bertz CT molecular complexity index is 90.6. The van der Waals surface area contributed by atoms with Crippen molar-refractivity contribution >= 4 is 11.8 Å². The van der Waals surface area contributed by atoms with E-state index in [0.29, 0.717) is 0 Å². The summed E-state index contributed by atoms with van der Waals surface area (Å²) in [6.07, 6.45) is 1.36. The van der Waals surface area contributed by atoms with Crippen LogP contribution < -0.4 is 0 Å². The molecule has 1 fully saturated rings. The fraction of sp³-hybridized carbons (Fsp3) is 1.00. The summed E-state index contributed by atoms with van der Waals surface area (Å²) in [6.45, 7) is 7.05. The highest BCUT2D eigenvalue weighted by molar-refractivity contribution is 8.00. The van der Waals surface area contributed by atoms with E-state index in [-0.39, 0.29) is 0 Å². The van der Waals surface area contributed by atoms with Gasteiger partial charge in [0.15, 0.2) is 0 Å². The van der Waals surface area contributed by atoms with Gasteiger partial charge in [-0.1, -0.05) is 20.8 Å². The van der Waals surface area contributed by atoms with Gasteiger partial charge in [-0.3, -0.25) is 0 Å². The highest BCUT2D eigenvalue weighted by Gasteiger charge is 2.28. The minimum absolute atomic E-state index is 0.958. The molecule has 0 spiro atoms. The van der Waals surface area contributed by atoms with E-state index >= 15 is 0 Å². The molecule has 0 amide bonds. The summed E-state index contributed by atoms with van der Waals surface area (Å²) in [5.74, 6) is 3.31. The molecule has 0 N–H and O–H groups in total. The fourth-order valence-corrected chi connectivity index (χ4v) is 3.10. The highest BCUT2D eigenvalue weighted by Crippen LogP contribution is 2.37.